The van der Waals surface area contributed by atoms with Crippen LogP contribution in [0.2, 0.25) is 3.93 Å². The van der Waals surface area contributed by atoms with E-state index in [2.05, 4.69) is 103 Å². The van der Waals surface area contributed by atoms with Gasteiger partial charge in [0.15, 0.2) is 0 Å². The molecule has 0 saturated heterocycles. The minimum absolute atomic E-state index is 0.0410. The van der Waals surface area contributed by atoms with Crippen molar-refractivity contribution in [1.29, 1.82) is 0 Å². The molecule has 0 N–H and O–H groups in total. The summed E-state index contributed by atoms with van der Waals surface area (Å²) in [6.07, 6.45) is 5.71. The fourth-order valence-corrected chi connectivity index (χ4v) is 23.5. The molecule has 1 fully saturated rings. The van der Waals surface area contributed by atoms with E-state index in [4.69, 9.17) is 4.74 Å². The average molecular weight is 501 g/mol. The Bertz CT molecular complexity index is 949. The monoisotopic (exact) mass is 502 g/mol. The fourth-order valence-electron chi connectivity index (χ4n) is 6.05. The summed E-state index contributed by atoms with van der Waals surface area (Å²) >= 11 is -3.61. The molecular weight excluding hydrogens is 475 g/mol. The third kappa shape index (κ3) is 2.96. The molecule has 1 saturated carbocycles. The summed E-state index contributed by atoms with van der Waals surface area (Å²) in [4.78, 5) is 13.1. The van der Waals surface area contributed by atoms with Crippen molar-refractivity contribution in [3.05, 3.63) is 103 Å². The molecule has 5 rings (SSSR count). The number of hydrogen-bond donors (Lipinski definition) is 0. The first-order valence-electron chi connectivity index (χ1n) is 10.7. The maximum absolute atomic E-state index is 13.1. The van der Waals surface area contributed by atoms with E-state index < -0.39 is 18.4 Å². The van der Waals surface area contributed by atoms with Gasteiger partial charge in [-0.3, -0.25) is 0 Å². The van der Waals surface area contributed by atoms with Gasteiger partial charge in [0.05, 0.1) is 0 Å². The molecule has 0 unspecified atom stereocenters. The standard InChI is InChI=1S/C9H11O2.3C6H5.Sn/c1-11-9(10)8-5-6-2-3-7(8)4-6;3*1-2-4-6-5-3-1;/h2-3,5-8H,4H2,1H3;3*1-5H;/t6-,7+,8+;;;;/m0..../s1. The molecular formula is C27H26O2Sn. The first-order chi connectivity index (χ1) is 14.8. The number of rotatable bonds is 5. The summed E-state index contributed by atoms with van der Waals surface area (Å²) in [5.41, 5.74) is 0. The van der Waals surface area contributed by atoms with Gasteiger partial charge >= 0.3 is 183 Å². The molecule has 30 heavy (non-hydrogen) atoms. The van der Waals surface area contributed by atoms with Crippen molar-refractivity contribution in [3.63, 3.8) is 0 Å². The molecule has 2 bridgehead atoms. The van der Waals surface area contributed by atoms with Crippen molar-refractivity contribution in [2.24, 2.45) is 17.8 Å². The zero-order valence-electron chi connectivity index (χ0n) is 17.1. The minimum atomic E-state index is -3.61. The molecule has 0 amide bonds. The molecule has 0 aromatic heterocycles. The van der Waals surface area contributed by atoms with E-state index in [1.54, 1.807) is 7.11 Å². The molecule has 3 aromatic rings. The van der Waals surface area contributed by atoms with Crippen molar-refractivity contribution >= 4 is 35.1 Å². The summed E-state index contributed by atoms with van der Waals surface area (Å²) in [6, 6.07) is 33.0. The molecule has 150 valence electrons. The first-order valence-corrected chi connectivity index (χ1v) is 16.6. The SMILES string of the molecule is COC(=O)[C@@H]1[C@H]([Sn]([c]2ccccc2)([c]2ccccc2)[c]2ccccc2)[C@H]2C=C[C@@H]1C2. The number of benzene rings is 3. The van der Waals surface area contributed by atoms with E-state index >= 15 is 0 Å². The third-order valence-corrected chi connectivity index (χ3v) is 22.9. The number of carbonyl (C=O) groups is 1. The number of carbonyl (C=O) groups excluding carboxylic acids is 1. The van der Waals surface area contributed by atoms with Gasteiger partial charge in [-0.15, -0.1) is 0 Å². The predicted molar refractivity (Wildman–Crippen MR) is 124 cm³/mol. The van der Waals surface area contributed by atoms with Crippen molar-refractivity contribution in [3.8, 4) is 0 Å². The second-order valence-corrected chi connectivity index (χ2v) is 19.9. The Kier molecular flexibility index (Phi) is 5.28. The van der Waals surface area contributed by atoms with Crippen LogP contribution in [0.15, 0.2) is 103 Å². The second-order valence-electron chi connectivity index (χ2n) is 8.43. The van der Waals surface area contributed by atoms with Crippen molar-refractivity contribution in [2.45, 2.75) is 10.4 Å². The Morgan fingerprint density at radius 2 is 1.17 bits per heavy atom. The zero-order valence-corrected chi connectivity index (χ0v) is 20.0. The number of fused-ring (bicyclic) bond motifs is 2. The number of esters is 1. The van der Waals surface area contributed by atoms with E-state index in [1.807, 2.05) is 0 Å². The average Bonchev–Trinajstić information content (AvgIpc) is 3.44. The van der Waals surface area contributed by atoms with Gasteiger partial charge < -0.3 is 0 Å². The normalized spacial score (nSPS) is 24.7. The van der Waals surface area contributed by atoms with Crippen LogP contribution < -0.4 is 10.7 Å². The van der Waals surface area contributed by atoms with Crippen LogP contribution in [0.5, 0.6) is 0 Å². The first kappa shape index (κ1) is 19.6. The van der Waals surface area contributed by atoms with E-state index in [0.717, 1.165) is 6.42 Å². The molecule has 2 nitrogen and oxygen atoms in total. The van der Waals surface area contributed by atoms with Crippen molar-refractivity contribution in [2.75, 3.05) is 7.11 Å². The topological polar surface area (TPSA) is 26.3 Å². The fraction of sp³-hybridized carbons (Fsp3) is 0.222. The summed E-state index contributed by atoms with van der Waals surface area (Å²) in [5, 5.41) is 0. The van der Waals surface area contributed by atoms with Gasteiger partial charge in [0.1, 0.15) is 0 Å². The zero-order chi connectivity index (χ0) is 20.6. The Labute approximate surface area is 182 Å². The maximum atomic E-state index is 13.1. The Morgan fingerprint density at radius 1 is 0.733 bits per heavy atom. The van der Waals surface area contributed by atoms with Crippen LogP contribution in [-0.4, -0.2) is 31.5 Å². The van der Waals surface area contributed by atoms with Gasteiger partial charge in [-0.25, -0.2) is 0 Å². The van der Waals surface area contributed by atoms with Crippen LogP contribution >= 0.6 is 0 Å². The van der Waals surface area contributed by atoms with Crippen LogP contribution in [0.3, 0.4) is 0 Å². The Hall–Kier alpha value is -2.33. The molecule has 0 heterocycles. The second kappa shape index (κ2) is 8.07. The third-order valence-electron chi connectivity index (χ3n) is 7.12. The van der Waals surface area contributed by atoms with Crippen LogP contribution in [0.4, 0.5) is 0 Å². The predicted octanol–water partition coefficient (Wildman–Crippen LogP) is 3.52. The van der Waals surface area contributed by atoms with Gasteiger partial charge in [0.25, 0.3) is 0 Å². The summed E-state index contributed by atoms with van der Waals surface area (Å²) in [6.45, 7) is 0. The molecule has 2 aliphatic carbocycles. The summed E-state index contributed by atoms with van der Waals surface area (Å²) in [7, 11) is 1.54. The van der Waals surface area contributed by atoms with Crippen LogP contribution in [-0.2, 0) is 9.53 Å². The number of hydrogen-bond acceptors (Lipinski definition) is 2. The van der Waals surface area contributed by atoms with Gasteiger partial charge in [0, 0.05) is 0 Å². The van der Waals surface area contributed by atoms with Crippen LogP contribution in [0.1, 0.15) is 6.42 Å². The molecule has 0 radical (unpaired) electrons. The molecule has 3 aromatic carbocycles. The van der Waals surface area contributed by atoms with Gasteiger partial charge in [-0.1, -0.05) is 0 Å². The molecule has 4 atom stereocenters. The number of ether oxygens (including phenoxy) is 1. The van der Waals surface area contributed by atoms with Crippen molar-refractivity contribution < 1.29 is 9.53 Å². The van der Waals surface area contributed by atoms with Crippen LogP contribution in [0, 0.1) is 17.8 Å². The van der Waals surface area contributed by atoms with E-state index in [0.29, 0.717) is 15.8 Å². The van der Waals surface area contributed by atoms with Gasteiger partial charge in [-0.05, 0) is 0 Å². The summed E-state index contributed by atoms with van der Waals surface area (Å²) in [5.74, 6) is 0.609. The molecule has 2 aliphatic rings. The van der Waals surface area contributed by atoms with E-state index in [9.17, 15) is 4.79 Å². The van der Waals surface area contributed by atoms with Gasteiger partial charge in [-0.2, -0.15) is 0 Å². The summed E-state index contributed by atoms with van der Waals surface area (Å²) < 4.78 is 9.98. The molecule has 0 spiro atoms. The number of allylic oxidation sites excluding steroid dienone is 2. The molecule has 3 heteroatoms. The quantitative estimate of drug-likeness (QED) is 0.304. The van der Waals surface area contributed by atoms with Crippen LogP contribution in [0.25, 0.3) is 0 Å². The Balaban J connectivity index is 1.85. The van der Waals surface area contributed by atoms with E-state index in [1.165, 1.54) is 10.7 Å². The number of methoxy groups -OCH3 is 1. The van der Waals surface area contributed by atoms with Gasteiger partial charge in [0.2, 0.25) is 0 Å². The van der Waals surface area contributed by atoms with Crippen molar-refractivity contribution in [1.82, 2.24) is 0 Å². The molecule has 0 aliphatic heterocycles. The Morgan fingerprint density at radius 3 is 1.60 bits per heavy atom. The van der Waals surface area contributed by atoms with E-state index in [-0.39, 0.29) is 11.9 Å².